The fraction of sp³-hybridized carbons (Fsp3) is 0.556. The first kappa shape index (κ1) is 9.73. The number of hydrogen-bond acceptors (Lipinski definition) is 5. The van der Waals surface area contributed by atoms with Crippen molar-refractivity contribution < 1.29 is 0 Å². The van der Waals surface area contributed by atoms with Crippen LogP contribution in [0.2, 0.25) is 0 Å². The van der Waals surface area contributed by atoms with Gasteiger partial charge < -0.3 is 5.43 Å². The van der Waals surface area contributed by atoms with Crippen LogP contribution in [0.1, 0.15) is 30.3 Å². The van der Waals surface area contributed by atoms with Crippen LogP contribution in [0.4, 0.5) is 5.82 Å². The minimum atomic E-state index is 0.456. The minimum absolute atomic E-state index is 0.456. The van der Waals surface area contributed by atoms with Crippen molar-refractivity contribution in [2.24, 2.45) is 5.84 Å². The van der Waals surface area contributed by atoms with Gasteiger partial charge in [0.1, 0.15) is 11.6 Å². The highest BCUT2D eigenvalue weighted by atomic mass is 32.2. The molecular weight excluding hydrogens is 196 g/mol. The van der Waals surface area contributed by atoms with Crippen LogP contribution in [0.25, 0.3) is 0 Å². The maximum atomic E-state index is 5.30. The second-order valence-corrected chi connectivity index (χ2v) is 4.61. The topological polar surface area (TPSA) is 63.8 Å². The number of hydrogen-bond donors (Lipinski definition) is 2. The molecule has 1 atom stereocenters. The Bertz CT molecular complexity index is 299. The molecule has 1 saturated heterocycles. The third kappa shape index (κ3) is 2.16. The van der Waals surface area contributed by atoms with Crippen molar-refractivity contribution in [3.05, 3.63) is 18.1 Å². The van der Waals surface area contributed by atoms with Crippen LogP contribution in [0, 0.1) is 0 Å². The molecule has 0 aromatic carbocycles. The Kier molecular flexibility index (Phi) is 3.21. The van der Waals surface area contributed by atoms with E-state index in [4.69, 9.17) is 5.84 Å². The van der Waals surface area contributed by atoms with Gasteiger partial charge in [-0.2, -0.15) is 11.8 Å². The fourth-order valence-corrected chi connectivity index (χ4v) is 2.80. The highest BCUT2D eigenvalue weighted by molar-refractivity contribution is 7.99. The van der Waals surface area contributed by atoms with Crippen LogP contribution in [-0.4, -0.2) is 15.7 Å². The SMILES string of the molecule is NNc1ccnc(C2CCCCS2)n1. The van der Waals surface area contributed by atoms with Crippen molar-refractivity contribution in [3.63, 3.8) is 0 Å². The van der Waals surface area contributed by atoms with E-state index >= 15 is 0 Å². The normalized spacial score (nSPS) is 21.9. The Labute approximate surface area is 87.7 Å². The molecule has 0 saturated carbocycles. The summed E-state index contributed by atoms with van der Waals surface area (Å²) in [5, 5.41) is 0.456. The number of hydrazine groups is 1. The van der Waals surface area contributed by atoms with Gasteiger partial charge in [0.05, 0.1) is 5.25 Å². The molecule has 0 bridgehead atoms. The molecule has 0 amide bonds. The van der Waals surface area contributed by atoms with E-state index in [0.29, 0.717) is 11.1 Å². The van der Waals surface area contributed by atoms with Gasteiger partial charge in [-0.3, -0.25) is 0 Å². The average Bonchev–Trinajstić information content (AvgIpc) is 2.30. The van der Waals surface area contributed by atoms with Crippen molar-refractivity contribution in [2.45, 2.75) is 24.5 Å². The lowest BCUT2D eigenvalue weighted by atomic mass is 10.2. The van der Waals surface area contributed by atoms with E-state index < -0.39 is 0 Å². The average molecular weight is 210 g/mol. The van der Waals surface area contributed by atoms with Crippen LogP contribution >= 0.6 is 11.8 Å². The lowest BCUT2D eigenvalue weighted by Gasteiger charge is -2.19. The van der Waals surface area contributed by atoms with Crippen LogP contribution < -0.4 is 11.3 Å². The van der Waals surface area contributed by atoms with Gasteiger partial charge in [-0.1, -0.05) is 6.42 Å². The quantitative estimate of drug-likeness (QED) is 0.575. The summed E-state index contributed by atoms with van der Waals surface area (Å²) in [7, 11) is 0. The van der Waals surface area contributed by atoms with E-state index in [9.17, 15) is 0 Å². The summed E-state index contributed by atoms with van der Waals surface area (Å²) < 4.78 is 0. The smallest absolute Gasteiger partial charge is 0.143 e. The number of nitrogen functional groups attached to an aromatic ring is 1. The molecule has 14 heavy (non-hydrogen) atoms. The lowest BCUT2D eigenvalue weighted by molar-refractivity contribution is 0.662. The van der Waals surface area contributed by atoms with Gasteiger partial charge >= 0.3 is 0 Å². The molecule has 1 aliphatic rings. The molecule has 0 spiro atoms. The summed E-state index contributed by atoms with van der Waals surface area (Å²) in [5.41, 5.74) is 2.55. The van der Waals surface area contributed by atoms with Crippen molar-refractivity contribution >= 4 is 17.6 Å². The summed E-state index contributed by atoms with van der Waals surface area (Å²) in [6.45, 7) is 0. The number of rotatable bonds is 2. The third-order valence-electron chi connectivity index (χ3n) is 2.29. The predicted molar refractivity (Wildman–Crippen MR) is 58.9 cm³/mol. The molecule has 1 aliphatic heterocycles. The second-order valence-electron chi connectivity index (χ2n) is 3.30. The third-order valence-corrected chi connectivity index (χ3v) is 3.66. The van der Waals surface area contributed by atoms with Crippen LogP contribution in [0.5, 0.6) is 0 Å². The van der Waals surface area contributed by atoms with E-state index in [1.165, 1.54) is 25.0 Å². The van der Waals surface area contributed by atoms with Crippen molar-refractivity contribution in [1.82, 2.24) is 9.97 Å². The molecule has 4 nitrogen and oxygen atoms in total. The molecule has 1 fully saturated rings. The van der Waals surface area contributed by atoms with E-state index in [2.05, 4.69) is 15.4 Å². The van der Waals surface area contributed by atoms with Crippen LogP contribution in [0.15, 0.2) is 12.3 Å². The molecule has 2 heterocycles. The molecule has 0 radical (unpaired) electrons. The van der Waals surface area contributed by atoms with Gasteiger partial charge in [-0.05, 0) is 18.6 Å². The Morgan fingerprint density at radius 3 is 3.14 bits per heavy atom. The first-order valence-electron chi connectivity index (χ1n) is 4.81. The van der Waals surface area contributed by atoms with E-state index in [1.807, 2.05) is 11.8 Å². The molecule has 1 aromatic rings. The molecular formula is C9H14N4S. The Balaban J connectivity index is 2.13. The van der Waals surface area contributed by atoms with E-state index in [0.717, 1.165) is 5.82 Å². The van der Waals surface area contributed by atoms with Gasteiger partial charge in [0.25, 0.3) is 0 Å². The van der Waals surface area contributed by atoms with Gasteiger partial charge in [0, 0.05) is 12.3 Å². The van der Waals surface area contributed by atoms with Crippen molar-refractivity contribution in [2.75, 3.05) is 11.2 Å². The standard InChI is InChI=1S/C9H14N4S/c10-13-8-4-5-11-9(12-8)7-3-1-2-6-14-7/h4-5,7H,1-3,6,10H2,(H,11,12,13). The molecule has 2 rings (SSSR count). The summed E-state index contributed by atoms with van der Waals surface area (Å²) in [4.78, 5) is 8.63. The molecule has 3 N–H and O–H groups in total. The molecule has 1 aromatic heterocycles. The number of nitrogens with zero attached hydrogens (tertiary/aromatic N) is 2. The minimum Gasteiger partial charge on any atom is -0.308 e. The number of nitrogens with one attached hydrogen (secondary N) is 1. The zero-order valence-electron chi connectivity index (χ0n) is 7.94. The first-order chi connectivity index (χ1) is 6.90. The summed E-state index contributed by atoms with van der Waals surface area (Å²) >= 11 is 1.94. The Hall–Kier alpha value is -0.810. The van der Waals surface area contributed by atoms with Crippen molar-refractivity contribution in [1.29, 1.82) is 0 Å². The van der Waals surface area contributed by atoms with E-state index in [-0.39, 0.29) is 0 Å². The molecule has 5 heteroatoms. The lowest BCUT2D eigenvalue weighted by Crippen LogP contribution is -2.12. The highest BCUT2D eigenvalue weighted by Crippen LogP contribution is 2.36. The number of nitrogens with two attached hydrogens (primary N) is 1. The number of thioether (sulfide) groups is 1. The van der Waals surface area contributed by atoms with Crippen LogP contribution in [-0.2, 0) is 0 Å². The first-order valence-corrected chi connectivity index (χ1v) is 5.86. The molecule has 0 aliphatic carbocycles. The number of anilines is 1. The van der Waals surface area contributed by atoms with E-state index in [1.54, 1.807) is 12.3 Å². The van der Waals surface area contributed by atoms with Gasteiger partial charge in [-0.15, -0.1) is 0 Å². The fourth-order valence-electron chi connectivity index (χ4n) is 1.55. The summed E-state index contributed by atoms with van der Waals surface area (Å²) in [5.74, 6) is 8.12. The zero-order valence-corrected chi connectivity index (χ0v) is 8.76. The van der Waals surface area contributed by atoms with Crippen LogP contribution in [0.3, 0.4) is 0 Å². The van der Waals surface area contributed by atoms with Crippen molar-refractivity contribution in [3.8, 4) is 0 Å². The summed E-state index contributed by atoms with van der Waals surface area (Å²) in [6.07, 6.45) is 5.53. The summed E-state index contributed by atoms with van der Waals surface area (Å²) in [6, 6.07) is 1.77. The second kappa shape index (κ2) is 4.61. The zero-order chi connectivity index (χ0) is 9.80. The van der Waals surface area contributed by atoms with Gasteiger partial charge in [0.15, 0.2) is 0 Å². The van der Waals surface area contributed by atoms with Gasteiger partial charge in [0.2, 0.25) is 0 Å². The predicted octanol–water partition coefficient (Wildman–Crippen LogP) is 1.72. The Morgan fingerprint density at radius 2 is 2.43 bits per heavy atom. The maximum absolute atomic E-state index is 5.30. The number of aromatic nitrogens is 2. The molecule has 1 unspecified atom stereocenters. The Morgan fingerprint density at radius 1 is 1.50 bits per heavy atom. The largest absolute Gasteiger partial charge is 0.308 e. The molecule has 76 valence electrons. The van der Waals surface area contributed by atoms with Gasteiger partial charge in [-0.25, -0.2) is 15.8 Å². The highest BCUT2D eigenvalue weighted by Gasteiger charge is 2.18. The monoisotopic (exact) mass is 210 g/mol. The maximum Gasteiger partial charge on any atom is 0.143 e.